The molecule has 1 unspecified atom stereocenters. The standard InChI is InChI=1S/C16H17FN4O2/c1-20-10-14(7-18-20)19-16(23)12-6-15(22)21(9-12)8-11-2-4-13(17)5-3-11/h2-5,7,10,12H,6,8-9H2,1H3,(H,19,23). The molecule has 2 amide bonds. The van der Waals surface area contributed by atoms with Crippen LogP contribution in [0.3, 0.4) is 0 Å². The third kappa shape index (κ3) is 3.56. The Morgan fingerprint density at radius 1 is 1.39 bits per heavy atom. The van der Waals surface area contributed by atoms with E-state index in [9.17, 15) is 14.0 Å². The minimum absolute atomic E-state index is 0.0688. The summed E-state index contributed by atoms with van der Waals surface area (Å²) in [5, 5.41) is 6.75. The summed E-state index contributed by atoms with van der Waals surface area (Å²) in [5.74, 6) is -0.952. The molecule has 120 valence electrons. The second-order valence-electron chi connectivity index (χ2n) is 5.69. The highest BCUT2D eigenvalue weighted by Gasteiger charge is 2.34. The summed E-state index contributed by atoms with van der Waals surface area (Å²) in [7, 11) is 1.76. The molecule has 2 aromatic rings. The van der Waals surface area contributed by atoms with Gasteiger partial charge in [-0.1, -0.05) is 12.1 Å². The third-order valence-corrected chi connectivity index (χ3v) is 3.84. The molecule has 0 spiro atoms. The van der Waals surface area contributed by atoms with Crippen LogP contribution in [0.25, 0.3) is 0 Å². The average molecular weight is 316 g/mol. The van der Waals surface area contributed by atoms with Crippen molar-refractivity contribution in [1.29, 1.82) is 0 Å². The molecule has 0 radical (unpaired) electrons. The second kappa shape index (κ2) is 6.20. The average Bonchev–Trinajstić information content (AvgIpc) is 3.08. The molecule has 1 aliphatic heterocycles. The Labute approximate surface area is 132 Å². The molecule has 7 heteroatoms. The number of nitrogens with zero attached hydrogens (tertiary/aromatic N) is 3. The van der Waals surface area contributed by atoms with Gasteiger partial charge < -0.3 is 10.2 Å². The minimum Gasteiger partial charge on any atom is -0.338 e. The van der Waals surface area contributed by atoms with Gasteiger partial charge in [-0.3, -0.25) is 14.3 Å². The summed E-state index contributed by atoms with van der Waals surface area (Å²) >= 11 is 0. The van der Waals surface area contributed by atoms with Crippen LogP contribution in [0.15, 0.2) is 36.7 Å². The van der Waals surface area contributed by atoms with E-state index < -0.39 is 0 Å². The predicted octanol–water partition coefficient (Wildman–Crippen LogP) is 1.55. The van der Waals surface area contributed by atoms with Gasteiger partial charge in [0.2, 0.25) is 11.8 Å². The Morgan fingerprint density at radius 3 is 2.78 bits per heavy atom. The molecular formula is C16H17FN4O2. The molecule has 1 atom stereocenters. The van der Waals surface area contributed by atoms with Gasteiger partial charge in [0.15, 0.2) is 0 Å². The molecule has 1 aromatic heterocycles. The number of hydrogen-bond acceptors (Lipinski definition) is 3. The highest BCUT2D eigenvalue weighted by Crippen LogP contribution is 2.22. The van der Waals surface area contributed by atoms with Crippen molar-refractivity contribution >= 4 is 17.5 Å². The molecule has 1 aliphatic rings. The Balaban J connectivity index is 1.60. The molecule has 6 nitrogen and oxygen atoms in total. The number of carbonyl (C=O) groups is 2. The summed E-state index contributed by atoms with van der Waals surface area (Å²) in [6, 6.07) is 6.02. The molecule has 1 N–H and O–H groups in total. The zero-order valence-corrected chi connectivity index (χ0v) is 12.7. The van der Waals surface area contributed by atoms with Gasteiger partial charge >= 0.3 is 0 Å². The number of amides is 2. The summed E-state index contributed by atoms with van der Waals surface area (Å²) in [4.78, 5) is 25.9. The van der Waals surface area contributed by atoms with Crippen LogP contribution < -0.4 is 5.32 Å². The van der Waals surface area contributed by atoms with Crippen molar-refractivity contribution in [2.45, 2.75) is 13.0 Å². The summed E-state index contributed by atoms with van der Waals surface area (Å²) in [5.41, 5.74) is 1.45. The minimum atomic E-state index is -0.386. The zero-order valence-electron chi connectivity index (χ0n) is 12.7. The highest BCUT2D eigenvalue weighted by molar-refractivity contribution is 5.97. The van der Waals surface area contributed by atoms with E-state index in [-0.39, 0.29) is 30.0 Å². The largest absolute Gasteiger partial charge is 0.338 e. The first kappa shape index (κ1) is 15.2. The van der Waals surface area contributed by atoms with E-state index in [1.54, 1.807) is 41.2 Å². The van der Waals surface area contributed by atoms with E-state index in [0.29, 0.717) is 18.8 Å². The van der Waals surface area contributed by atoms with Crippen molar-refractivity contribution in [3.8, 4) is 0 Å². The summed E-state index contributed by atoms with van der Waals surface area (Å²) < 4.78 is 14.5. The molecule has 0 bridgehead atoms. The Hall–Kier alpha value is -2.70. The van der Waals surface area contributed by atoms with Gasteiger partial charge in [0.05, 0.1) is 17.8 Å². The van der Waals surface area contributed by atoms with Gasteiger partial charge in [0.25, 0.3) is 0 Å². The summed E-state index contributed by atoms with van der Waals surface area (Å²) in [6.07, 6.45) is 3.45. The number of aryl methyl sites for hydroxylation is 1. The molecule has 3 rings (SSSR count). The number of halogens is 1. The first-order chi connectivity index (χ1) is 11.0. The maximum atomic E-state index is 12.9. The van der Waals surface area contributed by atoms with Crippen molar-refractivity contribution in [2.24, 2.45) is 13.0 Å². The Morgan fingerprint density at radius 2 is 2.13 bits per heavy atom. The highest BCUT2D eigenvalue weighted by atomic mass is 19.1. The fraction of sp³-hybridized carbons (Fsp3) is 0.312. The van der Waals surface area contributed by atoms with Crippen molar-refractivity contribution in [1.82, 2.24) is 14.7 Å². The lowest BCUT2D eigenvalue weighted by molar-refractivity contribution is -0.128. The fourth-order valence-corrected chi connectivity index (χ4v) is 2.64. The van der Waals surface area contributed by atoms with Crippen LogP contribution in [0, 0.1) is 11.7 Å². The first-order valence-corrected chi connectivity index (χ1v) is 7.33. The van der Waals surface area contributed by atoms with Crippen molar-refractivity contribution in [2.75, 3.05) is 11.9 Å². The first-order valence-electron chi connectivity index (χ1n) is 7.33. The molecule has 1 aromatic carbocycles. The number of hydrogen-bond donors (Lipinski definition) is 1. The number of aromatic nitrogens is 2. The maximum Gasteiger partial charge on any atom is 0.229 e. The predicted molar refractivity (Wildman–Crippen MR) is 81.8 cm³/mol. The van der Waals surface area contributed by atoms with Crippen LogP contribution >= 0.6 is 0 Å². The van der Waals surface area contributed by atoms with E-state index in [1.165, 1.54) is 12.1 Å². The van der Waals surface area contributed by atoms with Crippen LogP contribution in [0.2, 0.25) is 0 Å². The van der Waals surface area contributed by atoms with Crippen LogP contribution in [0.4, 0.5) is 10.1 Å². The Kier molecular flexibility index (Phi) is 4.10. The second-order valence-corrected chi connectivity index (χ2v) is 5.69. The van der Waals surface area contributed by atoms with Crippen molar-refractivity contribution in [3.05, 3.63) is 48.0 Å². The molecule has 2 heterocycles. The van der Waals surface area contributed by atoms with E-state index >= 15 is 0 Å². The smallest absolute Gasteiger partial charge is 0.229 e. The van der Waals surface area contributed by atoms with E-state index in [4.69, 9.17) is 0 Å². The number of carbonyl (C=O) groups excluding carboxylic acids is 2. The lowest BCUT2D eigenvalue weighted by Gasteiger charge is -2.16. The van der Waals surface area contributed by atoms with Crippen molar-refractivity contribution < 1.29 is 14.0 Å². The summed E-state index contributed by atoms with van der Waals surface area (Å²) in [6.45, 7) is 0.748. The van der Waals surface area contributed by atoms with Crippen LogP contribution in [0.1, 0.15) is 12.0 Å². The number of nitrogens with one attached hydrogen (secondary N) is 1. The number of anilines is 1. The third-order valence-electron chi connectivity index (χ3n) is 3.84. The van der Waals surface area contributed by atoms with Crippen LogP contribution in [0.5, 0.6) is 0 Å². The molecule has 1 fully saturated rings. The van der Waals surface area contributed by atoms with Gasteiger partial charge in [-0.15, -0.1) is 0 Å². The topological polar surface area (TPSA) is 67.2 Å². The fourth-order valence-electron chi connectivity index (χ4n) is 2.64. The maximum absolute atomic E-state index is 12.9. The quantitative estimate of drug-likeness (QED) is 0.930. The SMILES string of the molecule is Cn1cc(NC(=O)C2CC(=O)N(Cc3ccc(F)cc3)C2)cn1. The molecule has 0 aliphatic carbocycles. The van der Waals surface area contributed by atoms with Crippen LogP contribution in [-0.4, -0.2) is 33.0 Å². The van der Waals surface area contributed by atoms with Gasteiger partial charge in [0, 0.05) is 32.8 Å². The molecule has 23 heavy (non-hydrogen) atoms. The van der Waals surface area contributed by atoms with Gasteiger partial charge in [-0.2, -0.15) is 5.10 Å². The number of rotatable bonds is 4. The van der Waals surface area contributed by atoms with E-state index in [1.807, 2.05) is 0 Å². The van der Waals surface area contributed by atoms with Gasteiger partial charge in [-0.25, -0.2) is 4.39 Å². The monoisotopic (exact) mass is 316 g/mol. The molecule has 0 saturated carbocycles. The van der Waals surface area contributed by atoms with Gasteiger partial charge in [0.1, 0.15) is 5.82 Å². The van der Waals surface area contributed by atoms with Gasteiger partial charge in [-0.05, 0) is 17.7 Å². The lowest BCUT2D eigenvalue weighted by Crippen LogP contribution is -2.28. The van der Waals surface area contributed by atoms with Crippen LogP contribution in [-0.2, 0) is 23.2 Å². The van der Waals surface area contributed by atoms with Crippen molar-refractivity contribution in [3.63, 3.8) is 0 Å². The number of benzene rings is 1. The lowest BCUT2D eigenvalue weighted by atomic mass is 10.1. The molecular weight excluding hydrogens is 299 g/mol. The Bertz CT molecular complexity index is 726. The van der Waals surface area contributed by atoms with E-state index in [0.717, 1.165) is 5.56 Å². The van der Waals surface area contributed by atoms with E-state index in [2.05, 4.69) is 10.4 Å². The molecule has 1 saturated heterocycles. The zero-order chi connectivity index (χ0) is 16.4. The number of likely N-dealkylation sites (tertiary alicyclic amines) is 1. The normalized spacial score (nSPS) is 17.6.